The molecule has 0 unspecified atom stereocenters. The van der Waals surface area contributed by atoms with Crippen LogP contribution in [0.15, 0.2) is 179 Å². The van der Waals surface area contributed by atoms with E-state index in [2.05, 4.69) is 120 Å². The lowest BCUT2D eigenvalue weighted by Gasteiger charge is -2.27. The number of hydrogen-bond donors (Lipinski definition) is 0. The summed E-state index contributed by atoms with van der Waals surface area (Å²) in [6.45, 7) is 0. The molecule has 2 heterocycles. The molecule has 0 atom stereocenters. The van der Waals surface area contributed by atoms with Gasteiger partial charge in [0.1, 0.15) is 22.4 Å². The second-order valence-electron chi connectivity index (χ2n) is 12.4. The Labute approximate surface area is 282 Å². The minimum Gasteiger partial charge on any atom is -0.456 e. The average Bonchev–Trinajstić information content (AvgIpc) is 3.77. The van der Waals surface area contributed by atoms with E-state index in [0.717, 1.165) is 66.6 Å². The topological polar surface area (TPSA) is 42.4 Å². The van der Waals surface area contributed by atoms with Crippen molar-refractivity contribution in [2.24, 2.45) is 0 Å². The van der Waals surface area contributed by atoms with Crippen molar-refractivity contribution >= 4 is 71.6 Å². The maximum atomic E-state index is 6.80. The summed E-state index contributed by atoms with van der Waals surface area (Å²) >= 11 is 0. The van der Waals surface area contributed by atoms with E-state index in [-0.39, 0.29) is 0 Å². The summed E-state index contributed by atoms with van der Waals surface area (Å²) in [5.41, 5.74) is 9.08. The number of fused-ring (bicyclic) bond motifs is 7. The van der Waals surface area contributed by atoms with E-state index in [0.29, 0.717) is 11.5 Å². The highest BCUT2D eigenvalue weighted by Crippen LogP contribution is 2.49. The van der Waals surface area contributed by atoms with E-state index >= 15 is 0 Å². The zero-order valence-corrected chi connectivity index (χ0v) is 26.4. The molecule has 230 valence electrons. The lowest BCUT2D eigenvalue weighted by molar-refractivity contribution is 0.620. The maximum absolute atomic E-state index is 6.80. The van der Waals surface area contributed by atoms with Crippen LogP contribution in [-0.2, 0) is 0 Å². The van der Waals surface area contributed by atoms with Crippen LogP contribution in [0.25, 0.3) is 77.2 Å². The van der Waals surface area contributed by atoms with Crippen LogP contribution >= 0.6 is 0 Å². The van der Waals surface area contributed by atoms with Crippen molar-refractivity contribution in [3.63, 3.8) is 0 Å². The van der Waals surface area contributed by atoms with Crippen molar-refractivity contribution in [3.8, 4) is 22.6 Å². The monoisotopic (exact) mass is 628 g/mol. The van der Waals surface area contributed by atoms with Crippen molar-refractivity contribution in [2.75, 3.05) is 4.90 Å². The third-order valence-electron chi connectivity index (χ3n) is 9.44. The van der Waals surface area contributed by atoms with Crippen LogP contribution in [0.1, 0.15) is 0 Å². The van der Waals surface area contributed by atoms with Gasteiger partial charge in [0.15, 0.2) is 5.58 Å². The molecule has 0 radical (unpaired) electrons. The van der Waals surface area contributed by atoms with Crippen LogP contribution in [-0.4, -0.2) is 4.98 Å². The van der Waals surface area contributed by atoms with Gasteiger partial charge in [-0.25, -0.2) is 4.98 Å². The molecule has 0 aliphatic heterocycles. The Morgan fingerprint density at radius 3 is 1.96 bits per heavy atom. The lowest BCUT2D eigenvalue weighted by Crippen LogP contribution is -2.11. The summed E-state index contributed by atoms with van der Waals surface area (Å²) < 4.78 is 13.3. The Hall–Kier alpha value is -6.65. The molecule has 0 N–H and O–H groups in total. The fourth-order valence-electron chi connectivity index (χ4n) is 7.17. The molecule has 4 nitrogen and oxygen atoms in total. The number of para-hydroxylation sites is 1. The number of rotatable bonds is 5. The molecular formula is C45H28N2O2. The van der Waals surface area contributed by atoms with E-state index in [1.165, 1.54) is 16.2 Å². The molecule has 0 amide bonds. The molecule has 49 heavy (non-hydrogen) atoms. The van der Waals surface area contributed by atoms with Crippen molar-refractivity contribution in [2.45, 2.75) is 0 Å². The van der Waals surface area contributed by atoms with Crippen LogP contribution in [0, 0.1) is 0 Å². The van der Waals surface area contributed by atoms with Gasteiger partial charge in [-0.3, -0.25) is 0 Å². The minimum atomic E-state index is 0.566. The van der Waals surface area contributed by atoms with Gasteiger partial charge in [0.2, 0.25) is 5.89 Å². The Morgan fingerprint density at radius 2 is 1.10 bits per heavy atom. The normalized spacial score (nSPS) is 11.7. The Bertz CT molecular complexity index is 2830. The standard InChI is InChI=1S/C45H28N2O2/c1-3-12-29(13-4-1)32-17-11-18-34(26-32)47(35-24-25-37-33(27-35)23-22-30-14-7-8-19-36(30)37)43-42-38-20-9-10-21-40(38)48-41(42)28-39-44(43)49-45(46-39)31-15-5-2-6-16-31/h1-28H. The van der Waals surface area contributed by atoms with Gasteiger partial charge in [-0.05, 0) is 75.1 Å². The van der Waals surface area contributed by atoms with Crippen molar-refractivity contribution in [3.05, 3.63) is 170 Å². The van der Waals surface area contributed by atoms with Crippen LogP contribution in [0.2, 0.25) is 0 Å². The minimum absolute atomic E-state index is 0.566. The number of anilines is 3. The Morgan fingerprint density at radius 1 is 0.429 bits per heavy atom. The van der Waals surface area contributed by atoms with Gasteiger partial charge in [0.25, 0.3) is 0 Å². The summed E-state index contributed by atoms with van der Waals surface area (Å²) in [5, 5.41) is 6.82. The molecule has 8 aromatic carbocycles. The maximum Gasteiger partial charge on any atom is 0.227 e. The molecular weight excluding hydrogens is 601 g/mol. The molecule has 4 heteroatoms. The second-order valence-corrected chi connectivity index (χ2v) is 12.4. The SMILES string of the molecule is c1ccc(-c2cccc(N(c3ccc4c(ccc5ccccc54)c3)c3c4oc(-c5ccccc5)nc4cc4oc5ccccc5c34)c2)cc1. The quantitative estimate of drug-likeness (QED) is 0.178. The van der Waals surface area contributed by atoms with E-state index in [1.807, 2.05) is 54.6 Å². The number of aromatic nitrogens is 1. The highest BCUT2D eigenvalue weighted by molar-refractivity contribution is 6.20. The lowest BCUT2D eigenvalue weighted by atomic mass is 10.00. The van der Waals surface area contributed by atoms with Gasteiger partial charge >= 0.3 is 0 Å². The van der Waals surface area contributed by atoms with Crippen LogP contribution < -0.4 is 4.90 Å². The number of oxazole rings is 1. The summed E-state index contributed by atoms with van der Waals surface area (Å²) in [6.07, 6.45) is 0. The highest BCUT2D eigenvalue weighted by Gasteiger charge is 2.27. The first-order valence-electron chi connectivity index (χ1n) is 16.5. The number of furan rings is 1. The third kappa shape index (κ3) is 4.49. The highest BCUT2D eigenvalue weighted by atomic mass is 16.4. The zero-order chi connectivity index (χ0) is 32.3. The van der Waals surface area contributed by atoms with Gasteiger partial charge in [-0.15, -0.1) is 0 Å². The fraction of sp³-hybridized carbons (Fsp3) is 0. The van der Waals surface area contributed by atoms with Gasteiger partial charge in [-0.1, -0.05) is 121 Å². The summed E-state index contributed by atoms with van der Waals surface area (Å²) in [4.78, 5) is 7.34. The largest absolute Gasteiger partial charge is 0.456 e. The van der Waals surface area contributed by atoms with E-state index < -0.39 is 0 Å². The van der Waals surface area contributed by atoms with Crippen LogP contribution in [0.3, 0.4) is 0 Å². The molecule has 0 fully saturated rings. The predicted octanol–water partition coefficient (Wildman–Crippen LogP) is 12.8. The molecule has 10 rings (SSSR count). The molecule has 0 saturated carbocycles. The summed E-state index contributed by atoms with van der Waals surface area (Å²) in [5.74, 6) is 0.566. The molecule has 0 bridgehead atoms. The Balaban J connectivity index is 1.31. The second kappa shape index (κ2) is 11.0. The van der Waals surface area contributed by atoms with Crippen molar-refractivity contribution in [1.82, 2.24) is 4.98 Å². The fourth-order valence-corrected chi connectivity index (χ4v) is 7.17. The van der Waals surface area contributed by atoms with Crippen molar-refractivity contribution in [1.29, 1.82) is 0 Å². The predicted molar refractivity (Wildman–Crippen MR) is 202 cm³/mol. The van der Waals surface area contributed by atoms with Gasteiger partial charge in [0, 0.05) is 28.4 Å². The molecule has 0 spiro atoms. The third-order valence-corrected chi connectivity index (χ3v) is 9.44. The van der Waals surface area contributed by atoms with E-state index in [1.54, 1.807) is 0 Å². The number of hydrogen-bond acceptors (Lipinski definition) is 4. The first-order chi connectivity index (χ1) is 24.3. The summed E-state index contributed by atoms with van der Waals surface area (Å²) in [6, 6.07) is 59.2. The number of benzene rings is 8. The van der Waals surface area contributed by atoms with E-state index in [9.17, 15) is 0 Å². The zero-order valence-electron chi connectivity index (χ0n) is 26.4. The molecule has 0 aliphatic rings. The molecule has 2 aromatic heterocycles. The van der Waals surface area contributed by atoms with Crippen LogP contribution in [0.4, 0.5) is 17.1 Å². The first kappa shape index (κ1) is 27.5. The van der Waals surface area contributed by atoms with E-state index in [4.69, 9.17) is 13.8 Å². The Kier molecular flexibility index (Phi) is 6.15. The van der Waals surface area contributed by atoms with Gasteiger partial charge in [0.05, 0.1) is 5.39 Å². The first-order valence-corrected chi connectivity index (χ1v) is 16.5. The van der Waals surface area contributed by atoms with Gasteiger partial charge < -0.3 is 13.7 Å². The average molecular weight is 629 g/mol. The molecule has 0 saturated heterocycles. The number of nitrogens with zero attached hydrogens (tertiary/aromatic N) is 2. The molecule has 10 aromatic rings. The summed E-state index contributed by atoms with van der Waals surface area (Å²) in [7, 11) is 0. The van der Waals surface area contributed by atoms with Gasteiger partial charge in [-0.2, -0.15) is 0 Å². The molecule has 0 aliphatic carbocycles. The van der Waals surface area contributed by atoms with Crippen molar-refractivity contribution < 1.29 is 8.83 Å². The smallest absolute Gasteiger partial charge is 0.227 e. The van der Waals surface area contributed by atoms with Crippen LogP contribution in [0.5, 0.6) is 0 Å².